The van der Waals surface area contributed by atoms with Gasteiger partial charge in [-0.05, 0) is 36.6 Å². The number of aliphatic hydroxyl groups is 2. The van der Waals surface area contributed by atoms with Crippen LogP contribution in [0.4, 0.5) is 16.2 Å². The predicted molar refractivity (Wildman–Crippen MR) is 141 cm³/mol. The van der Waals surface area contributed by atoms with E-state index >= 15 is 0 Å². The number of ether oxygens (including phenoxy) is 1. The number of benzene rings is 2. The number of rotatable bonds is 8. The number of para-hydroxylation sites is 1. The highest BCUT2D eigenvalue weighted by Crippen LogP contribution is 2.45. The molecule has 38 heavy (non-hydrogen) atoms. The zero-order valence-corrected chi connectivity index (χ0v) is 21.5. The fourth-order valence-corrected chi connectivity index (χ4v) is 5.63. The molecule has 0 saturated carbocycles. The van der Waals surface area contributed by atoms with Gasteiger partial charge in [-0.1, -0.05) is 49.4 Å². The summed E-state index contributed by atoms with van der Waals surface area (Å²) in [7, 11) is 0. The van der Waals surface area contributed by atoms with Gasteiger partial charge in [0, 0.05) is 30.1 Å². The summed E-state index contributed by atoms with van der Waals surface area (Å²) in [5.41, 5.74) is 0.993. The van der Waals surface area contributed by atoms with Crippen molar-refractivity contribution in [1.29, 1.82) is 0 Å². The average Bonchev–Trinajstić information content (AvgIpc) is 3.64. The topological polar surface area (TPSA) is 111 Å². The first-order valence-electron chi connectivity index (χ1n) is 13.1. The fourth-order valence-electron chi connectivity index (χ4n) is 5.63. The third-order valence-electron chi connectivity index (χ3n) is 7.81. The molecule has 2 aromatic carbocycles. The maximum atomic E-state index is 13.7. The van der Waals surface area contributed by atoms with E-state index in [2.05, 4.69) is 0 Å². The number of carbonyl (C=O) groups excluding carboxylic acids is 3. The van der Waals surface area contributed by atoms with Crippen LogP contribution in [0.25, 0.3) is 0 Å². The number of likely N-dealkylation sites (tertiary alicyclic amines) is 1. The molecule has 3 amide bonds. The molecule has 0 unspecified atom stereocenters. The second-order valence-corrected chi connectivity index (χ2v) is 10.1. The van der Waals surface area contributed by atoms with Crippen molar-refractivity contribution in [3.63, 3.8) is 0 Å². The van der Waals surface area contributed by atoms with Gasteiger partial charge in [0.2, 0.25) is 5.91 Å². The van der Waals surface area contributed by atoms with E-state index in [1.807, 2.05) is 36.4 Å². The Morgan fingerprint density at radius 1 is 1.16 bits per heavy atom. The highest BCUT2D eigenvalue weighted by molar-refractivity contribution is 6.07. The van der Waals surface area contributed by atoms with E-state index < -0.39 is 17.4 Å². The smallest absolute Gasteiger partial charge is 0.414 e. The summed E-state index contributed by atoms with van der Waals surface area (Å²) in [6.45, 7) is 3.49. The Bertz CT molecular complexity index is 1250. The zero-order valence-electron chi connectivity index (χ0n) is 21.5. The van der Waals surface area contributed by atoms with E-state index in [0.29, 0.717) is 30.9 Å². The van der Waals surface area contributed by atoms with Gasteiger partial charge in [-0.3, -0.25) is 14.5 Å². The van der Waals surface area contributed by atoms with Gasteiger partial charge in [-0.2, -0.15) is 0 Å². The summed E-state index contributed by atoms with van der Waals surface area (Å²) in [4.78, 5) is 43.0. The van der Waals surface area contributed by atoms with Crippen LogP contribution in [0.3, 0.4) is 0 Å². The van der Waals surface area contributed by atoms with E-state index in [1.54, 1.807) is 45.9 Å². The Kier molecular flexibility index (Phi) is 7.23. The minimum absolute atomic E-state index is 0.0414. The van der Waals surface area contributed by atoms with Gasteiger partial charge in [-0.25, -0.2) is 4.79 Å². The molecule has 3 atom stereocenters. The van der Waals surface area contributed by atoms with Crippen molar-refractivity contribution in [1.82, 2.24) is 4.90 Å². The van der Waals surface area contributed by atoms with Crippen molar-refractivity contribution in [3.05, 3.63) is 71.8 Å². The fraction of sp³-hybridized carbons (Fsp3) is 0.414. The van der Waals surface area contributed by atoms with Crippen LogP contribution in [0.15, 0.2) is 60.7 Å². The molecule has 5 rings (SSSR count). The number of amides is 3. The minimum atomic E-state index is -1.77. The Morgan fingerprint density at radius 2 is 1.92 bits per heavy atom. The third kappa shape index (κ3) is 4.56. The molecule has 200 valence electrons. The molecule has 3 aliphatic heterocycles. The lowest BCUT2D eigenvalue weighted by Gasteiger charge is -2.28. The molecule has 3 heterocycles. The average molecular weight is 520 g/mol. The van der Waals surface area contributed by atoms with Gasteiger partial charge in [0.25, 0.3) is 5.91 Å². The first-order valence-corrected chi connectivity index (χ1v) is 13.1. The van der Waals surface area contributed by atoms with Gasteiger partial charge in [-0.15, -0.1) is 0 Å². The zero-order chi connectivity index (χ0) is 26.9. The van der Waals surface area contributed by atoms with Gasteiger partial charge in [0.15, 0.2) is 5.60 Å². The van der Waals surface area contributed by atoms with Crippen molar-refractivity contribution >= 4 is 29.3 Å². The van der Waals surface area contributed by atoms with Gasteiger partial charge < -0.3 is 24.7 Å². The maximum absolute atomic E-state index is 13.7. The van der Waals surface area contributed by atoms with Crippen LogP contribution in [-0.2, 0) is 26.5 Å². The second kappa shape index (κ2) is 10.6. The van der Waals surface area contributed by atoms with Crippen molar-refractivity contribution in [2.45, 2.75) is 44.4 Å². The molecule has 3 aliphatic rings. The molecule has 9 heteroatoms. The van der Waals surface area contributed by atoms with Crippen LogP contribution in [0.2, 0.25) is 0 Å². The van der Waals surface area contributed by atoms with Crippen LogP contribution in [0.1, 0.15) is 37.3 Å². The normalized spacial score (nSPS) is 23.9. The summed E-state index contributed by atoms with van der Waals surface area (Å²) in [5.74, 6) is -1.07. The van der Waals surface area contributed by atoms with Gasteiger partial charge in [0.1, 0.15) is 6.61 Å². The SMILES string of the molecule is C[C@@H](/C=C/CC(=O)N1CCC[C@H]1CO)[C@]1(O)C(=O)N(Cc2ccc(N3CCOC3=O)cc2)c2ccccc21. The number of hydrogen-bond donors (Lipinski definition) is 2. The number of nitrogens with zero attached hydrogens (tertiary/aromatic N) is 3. The van der Waals surface area contributed by atoms with Crippen molar-refractivity contribution < 1.29 is 29.3 Å². The van der Waals surface area contributed by atoms with Crippen LogP contribution in [0.5, 0.6) is 0 Å². The summed E-state index contributed by atoms with van der Waals surface area (Å²) in [5, 5.41) is 21.3. The van der Waals surface area contributed by atoms with Crippen molar-refractivity contribution in [2.24, 2.45) is 5.92 Å². The second-order valence-electron chi connectivity index (χ2n) is 10.1. The van der Waals surface area contributed by atoms with Gasteiger partial charge >= 0.3 is 6.09 Å². The molecule has 9 nitrogen and oxygen atoms in total. The summed E-state index contributed by atoms with van der Waals surface area (Å²) >= 11 is 0. The molecule has 0 spiro atoms. The summed E-state index contributed by atoms with van der Waals surface area (Å²) < 4.78 is 5.00. The van der Waals surface area contributed by atoms with E-state index in [4.69, 9.17) is 4.74 Å². The van der Waals surface area contributed by atoms with Crippen molar-refractivity contribution in [2.75, 3.05) is 36.1 Å². The maximum Gasteiger partial charge on any atom is 0.414 e. The molecule has 2 N–H and O–H groups in total. The first-order chi connectivity index (χ1) is 18.3. The number of fused-ring (bicyclic) bond motifs is 1. The van der Waals surface area contributed by atoms with E-state index in [9.17, 15) is 24.6 Å². The van der Waals surface area contributed by atoms with Crippen molar-refractivity contribution in [3.8, 4) is 0 Å². The molecular weight excluding hydrogens is 486 g/mol. The first kappa shape index (κ1) is 25.9. The van der Waals surface area contributed by atoms with Crippen LogP contribution >= 0.6 is 0 Å². The Morgan fingerprint density at radius 3 is 2.63 bits per heavy atom. The van der Waals surface area contributed by atoms with E-state index in [1.165, 1.54) is 0 Å². The molecular formula is C29H33N3O6. The van der Waals surface area contributed by atoms with E-state index in [-0.39, 0.29) is 37.6 Å². The molecule has 2 fully saturated rings. The van der Waals surface area contributed by atoms with Crippen LogP contribution in [0, 0.1) is 5.92 Å². The van der Waals surface area contributed by atoms with Crippen LogP contribution < -0.4 is 9.80 Å². The number of anilines is 2. The Balaban J connectivity index is 1.31. The lowest BCUT2D eigenvalue weighted by atomic mass is 9.83. The Labute approximate surface area is 221 Å². The lowest BCUT2D eigenvalue weighted by Crippen LogP contribution is -2.44. The quantitative estimate of drug-likeness (QED) is 0.519. The number of hydrogen-bond acceptors (Lipinski definition) is 6. The molecule has 0 aromatic heterocycles. The largest absolute Gasteiger partial charge is 0.447 e. The summed E-state index contributed by atoms with van der Waals surface area (Å²) in [6.07, 6.45) is 4.89. The highest BCUT2D eigenvalue weighted by atomic mass is 16.6. The predicted octanol–water partition coefficient (Wildman–Crippen LogP) is 2.94. The molecule has 2 aromatic rings. The molecule has 0 bridgehead atoms. The standard InChI is InChI=1S/C29H33N3O6/c1-20(6-4-10-26(34)30-15-5-7-23(30)19-33)29(37)24-8-2-3-9-25(24)32(27(29)35)18-21-11-13-22(14-12-21)31-16-17-38-28(31)36/h2-4,6,8-9,11-14,20,23,33,37H,5,7,10,15-19H2,1H3/b6-4+/t20-,23-,29+/m0/s1. The number of aliphatic hydroxyl groups excluding tert-OH is 1. The summed E-state index contributed by atoms with van der Waals surface area (Å²) in [6, 6.07) is 14.5. The molecule has 2 saturated heterocycles. The van der Waals surface area contributed by atoms with Crippen LogP contribution in [-0.4, -0.2) is 65.4 Å². The number of carbonyl (C=O) groups is 3. The highest BCUT2D eigenvalue weighted by Gasteiger charge is 2.52. The molecule has 0 aliphatic carbocycles. The Hall–Kier alpha value is -3.69. The van der Waals surface area contributed by atoms with Gasteiger partial charge in [0.05, 0.1) is 31.4 Å². The molecule has 0 radical (unpaired) electrons. The third-order valence-corrected chi connectivity index (χ3v) is 7.81. The lowest BCUT2D eigenvalue weighted by molar-refractivity contribution is -0.139. The monoisotopic (exact) mass is 519 g/mol. The van der Waals surface area contributed by atoms with E-state index in [0.717, 1.165) is 24.1 Å². The number of cyclic esters (lactones) is 1. The minimum Gasteiger partial charge on any atom is -0.447 e.